The van der Waals surface area contributed by atoms with Gasteiger partial charge >= 0.3 is 0 Å². The van der Waals surface area contributed by atoms with Crippen LogP contribution in [0.2, 0.25) is 0 Å². The van der Waals surface area contributed by atoms with Crippen LogP contribution in [0, 0.1) is 0 Å². The van der Waals surface area contributed by atoms with Gasteiger partial charge in [0, 0.05) is 12.8 Å². The van der Waals surface area contributed by atoms with E-state index in [9.17, 15) is 10.2 Å². The van der Waals surface area contributed by atoms with Crippen LogP contribution in [-0.4, -0.2) is 57.9 Å². The van der Waals surface area contributed by atoms with Crippen LogP contribution in [0.5, 0.6) is 0 Å². The molecule has 4 atom stereocenters. The van der Waals surface area contributed by atoms with E-state index in [0.29, 0.717) is 16.5 Å². The van der Waals surface area contributed by atoms with Gasteiger partial charge in [-0.2, -0.15) is 0 Å². The highest BCUT2D eigenvalue weighted by Gasteiger charge is 2.43. The maximum atomic E-state index is 10.6. The summed E-state index contributed by atoms with van der Waals surface area (Å²) in [5.74, 6) is 0. The lowest BCUT2D eigenvalue weighted by atomic mass is 10.1. The van der Waals surface area contributed by atoms with Crippen LogP contribution in [-0.2, 0) is 14.2 Å². The van der Waals surface area contributed by atoms with Crippen LogP contribution >= 0.6 is 24.4 Å². The highest BCUT2D eigenvalue weighted by molar-refractivity contribution is 7.80. The van der Waals surface area contributed by atoms with Gasteiger partial charge in [-0.15, -0.1) is 0 Å². The van der Waals surface area contributed by atoms with Gasteiger partial charge < -0.3 is 24.4 Å². The first-order valence-electron chi connectivity index (χ1n) is 15.3. The smallest absolute Gasteiger partial charge is 0.160 e. The van der Waals surface area contributed by atoms with Gasteiger partial charge in [0.1, 0.15) is 24.9 Å². The van der Waals surface area contributed by atoms with Crippen molar-refractivity contribution in [1.82, 2.24) is 0 Å². The summed E-state index contributed by atoms with van der Waals surface area (Å²) in [5.41, 5.74) is 0. The molecule has 5 nitrogen and oxygen atoms in total. The quantitative estimate of drug-likeness (QED) is 0.0915. The molecule has 0 saturated carbocycles. The van der Waals surface area contributed by atoms with Gasteiger partial charge in [0.05, 0.1) is 6.61 Å². The fraction of sp³-hybridized carbons (Fsp3) is 0.933. The minimum absolute atomic E-state index is 0.0402. The molecule has 0 aromatic heterocycles. The van der Waals surface area contributed by atoms with E-state index in [1.165, 1.54) is 89.9 Å². The Morgan fingerprint density at radius 3 is 1.65 bits per heavy atom. The van der Waals surface area contributed by atoms with Crippen molar-refractivity contribution in [2.75, 3.05) is 13.2 Å². The molecule has 0 amide bonds. The van der Waals surface area contributed by atoms with Crippen molar-refractivity contribution in [3.63, 3.8) is 0 Å². The minimum atomic E-state index is -0.932. The van der Waals surface area contributed by atoms with Crippen LogP contribution in [0.1, 0.15) is 142 Å². The Morgan fingerprint density at radius 1 is 0.730 bits per heavy atom. The number of aliphatic hydroxyl groups excluding tert-OH is 2. The molecule has 2 N–H and O–H groups in total. The van der Waals surface area contributed by atoms with Gasteiger partial charge in [0.2, 0.25) is 0 Å². The van der Waals surface area contributed by atoms with Crippen LogP contribution in [0.25, 0.3) is 0 Å². The largest absolute Gasteiger partial charge is 0.484 e. The number of hydrogen-bond donors (Lipinski definition) is 2. The number of thiocarbonyl (C=S) groups is 2. The third-order valence-electron chi connectivity index (χ3n) is 7.19. The fourth-order valence-corrected chi connectivity index (χ4v) is 5.28. The third kappa shape index (κ3) is 17.8. The molecule has 1 saturated heterocycles. The van der Waals surface area contributed by atoms with Crippen LogP contribution in [0.15, 0.2) is 0 Å². The van der Waals surface area contributed by atoms with Crippen molar-refractivity contribution in [3.05, 3.63) is 0 Å². The molecule has 1 aliphatic heterocycles. The van der Waals surface area contributed by atoms with E-state index < -0.39 is 24.4 Å². The number of hydrogen-bond acceptors (Lipinski definition) is 7. The van der Waals surface area contributed by atoms with Crippen LogP contribution in [0.3, 0.4) is 0 Å². The number of rotatable bonds is 24. The molecule has 37 heavy (non-hydrogen) atoms. The van der Waals surface area contributed by atoms with Crippen molar-refractivity contribution >= 4 is 34.5 Å². The lowest BCUT2D eigenvalue weighted by Gasteiger charge is -2.26. The highest BCUT2D eigenvalue weighted by Crippen LogP contribution is 2.23. The summed E-state index contributed by atoms with van der Waals surface area (Å²) in [5, 5.41) is 22.0. The van der Waals surface area contributed by atoms with Crippen LogP contribution < -0.4 is 0 Å². The molecule has 0 unspecified atom stereocenters. The molecular formula is C30H56O5S2. The van der Waals surface area contributed by atoms with Gasteiger partial charge in [-0.1, -0.05) is 117 Å². The van der Waals surface area contributed by atoms with Crippen molar-refractivity contribution in [2.24, 2.45) is 0 Å². The topological polar surface area (TPSA) is 68.2 Å². The Hall–Kier alpha value is -0.340. The summed E-state index contributed by atoms with van der Waals surface area (Å²) in [4.78, 5) is 0. The normalized spacial score (nSPS) is 20.2. The van der Waals surface area contributed by atoms with E-state index in [4.69, 9.17) is 38.6 Å². The second-order valence-corrected chi connectivity index (χ2v) is 11.6. The Labute approximate surface area is 238 Å². The molecular weight excluding hydrogens is 504 g/mol. The van der Waals surface area contributed by atoms with E-state index in [1.807, 2.05) is 0 Å². The van der Waals surface area contributed by atoms with E-state index in [0.717, 1.165) is 32.1 Å². The van der Waals surface area contributed by atoms with Gasteiger partial charge in [0.15, 0.2) is 16.2 Å². The summed E-state index contributed by atoms with van der Waals surface area (Å²) < 4.78 is 17.1. The summed E-state index contributed by atoms with van der Waals surface area (Å²) >= 11 is 10.8. The Balaban J connectivity index is 2.15. The van der Waals surface area contributed by atoms with Gasteiger partial charge in [0.25, 0.3) is 0 Å². The van der Waals surface area contributed by atoms with Crippen molar-refractivity contribution < 1.29 is 24.4 Å². The first-order valence-corrected chi connectivity index (χ1v) is 16.1. The zero-order valence-electron chi connectivity index (χ0n) is 23.8. The number of unbranched alkanes of at least 4 members (excludes halogenated alkanes) is 16. The molecule has 0 bridgehead atoms. The summed E-state index contributed by atoms with van der Waals surface area (Å²) in [7, 11) is 0. The molecule has 1 heterocycles. The molecule has 0 aromatic carbocycles. The average molecular weight is 561 g/mol. The second-order valence-electron chi connectivity index (χ2n) is 10.7. The monoisotopic (exact) mass is 560 g/mol. The molecule has 0 spiro atoms. The summed E-state index contributed by atoms with van der Waals surface area (Å²) in [6.45, 7) is 4.65. The predicted octanol–water partition coefficient (Wildman–Crippen LogP) is 8.01. The summed E-state index contributed by atoms with van der Waals surface area (Å²) in [6, 6.07) is 0. The molecule has 218 valence electrons. The number of ether oxygens (including phenoxy) is 3. The minimum Gasteiger partial charge on any atom is -0.484 e. The molecule has 0 aromatic rings. The van der Waals surface area contributed by atoms with Crippen molar-refractivity contribution in [3.8, 4) is 0 Å². The SMILES string of the molecule is CCCCCCCCCCCC(=S)OC[C@H](O)[C@H]1OC[C@@H](O)[C@H]1OC(=S)CCCCCCCCCCC. The molecule has 1 fully saturated rings. The lowest BCUT2D eigenvalue weighted by molar-refractivity contribution is -0.0620. The van der Waals surface area contributed by atoms with E-state index in [1.54, 1.807) is 0 Å². The number of aliphatic hydroxyl groups is 2. The Bertz CT molecular complexity index is 574. The zero-order chi connectivity index (χ0) is 27.1. The lowest BCUT2D eigenvalue weighted by Crippen LogP contribution is -2.43. The first kappa shape index (κ1) is 34.7. The molecule has 0 aliphatic carbocycles. The van der Waals surface area contributed by atoms with E-state index >= 15 is 0 Å². The molecule has 1 aliphatic rings. The van der Waals surface area contributed by atoms with E-state index in [-0.39, 0.29) is 13.2 Å². The molecule has 7 heteroatoms. The van der Waals surface area contributed by atoms with Gasteiger partial charge in [-0.05, 0) is 37.3 Å². The molecule has 0 radical (unpaired) electrons. The maximum absolute atomic E-state index is 10.6. The van der Waals surface area contributed by atoms with Crippen molar-refractivity contribution in [1.29, 1.82) is 0 Å². The van der Waals surface area contributed by atoms with Gasteiger partial charge in [-0.25, -0.2) is 0 Å². The first-order chi connectivity index (χ1) is 18.0. The average Bonchev–Trinajstić information content (AvgIpc) is 3.25. The molecule has 1 rings (SSSR count). The fourth-order valence-electron chi connectivity index (χ4n) is 4.81. The predicted molar refractivity (Wildman–Crippen MR) is 161 cm³/mol. The zero-order valence-corrected chi connectivity index (χ0v) is 25.4. The Kier molecular flexibility index (Phi) is 22.1. The second kappa shape index (κ2) is 23.5. The van der Waals surface area contributed by atoms with Gasteiger partial charge in [-0.3, -0.25) is 0 Å². The standard InChI is InChI=1S/C30H56O5S2/c1-3-5-7-9-11-13-15-17-19-21-27(36)33-23-25(31)29-30(26(32)24-34-29)35-28(37)22-20-18-16-14-12-10-8-6-4-2/h25-26,29-32H,3-24H2,1-2H3/t25-,26+,29+,30+/m0/s1. The van der Waals surface area contributed by atoms with E-state index in [2.05, 4.69) is 13.8 Å². The summed E-state index contributed by atoms with van der Waals surface area (Å²) in [6.07, 6.45) is 21.0. The van der Waals surface area contributed by atoms with Crippen molar-refractivity contribution in [2.45, 2.75) is 167 Å². The Morgan fingerprint density at radius 2 is 1.16 bits per heavy atom. The maximum Gasteiger partial charge on any atom is 0.160 e. The highest BCUT2D eigenvalue weighted by atomic mass is 32.1. The third-order valence-corrected chi connectivity index (χ3v) is 7.82. The van der Waals surface area contributed by atoms with Crippen LogP contribution in [0.4, 0.5) is 0 Å².